The van der Waals surface area contributed by atoms with Crippen molar-refractivity contribution < 1.29 is 24.5 Å². The van der Waals surface area contributed by atoms with Crippen LogP contribution in [-0.2, 0) is 0 Å². The summed E-state index contributed by atoms with van der Waals surface area (Å²) < 4.78 is 11.3. The van der Waals surface area contributed by atoms with Crippen LogP contribution < -0.4 is 15.5 Å². The van der Waals surface area contributed by atoms with Crippen molar-refractivity contribution in [2.24, 2.45) is 0 Å². The van der Waals surface area contributed by atoms with Crippen molar-refractivity contribution in [1.82, 2.24) is 5.32 Å². The second-order valence-corrected chi connectivity index (χ2v) is 6.67. The second-order valence-electron chi connectivity index (χ2n) is 6.67. The molecule has 1 heterocycles. The van der Waals surface area contributed by atoms with E-state index in [4.69, 9.17) is 14.3 Å². The highest BCUT2D eigenvalue weighted by molar-refractivity contribution is 5.89. The van der Waals surface area contributed by atoms with E-state index in [0.29, 0.717) is 18.9 Å². The predicted molar refractivity (Wildman–Crippen MR) is 111 cm³/mol. The molecular weight excluding hydrogens is 374 g/mol. The summed E-state index contributed by atoms with van der Waals surface area (Å²) in [4.78, 5) is 12.6. The number of unbranched alkanes of at least 4 members (excludes halogenated alkanes) is 2. The minimum atomic E-state index is -0.419. The Kier molecular flexibility index (Phi) is 7.10. The van der Waals surface area contributed by atoms with Crippen LogP contribution in [0.25, 0.3) is 22.3 Å². The molecular formula is C22H25NO6. The zero-order chi connectivity index (χ0) is 20.6. The Morgan fingerprint density at radius 1 is 1.00 bits per heavy atom. The fourth-order valence-electron chi connectivity index (χ4n) is 3.07. The molecule has 0 unspecified atom stereocenters. The molecule has 0 atom stereocenters. The Morgan fingerprint density at radius 2 is 1.79 bits per heavy atom. The Balaban J connectivity index is 1.73. The van der Waals surface area contributed by atoms with E-state index in [1.807, 2.05) is 18.2 Å². The molecule has 154 valence electrons. The second kappa shape index (κ2) is 9.95. The molecule has 1 aromatic heterocycles. The third-order valence-corrected chi connectivity index (χ3v) is 4.52. The van der Waals surface area contributed by atoms with Crippen LogP contribution in [0.15, 0.2) is 51.7 Å². The van der Waals surface area contributed by atoms with Gasteiger partial charge in [0.05, 0.1) is 13.2 Å². The van der Waals surface area contributed by atoms with E-state index < -0.39 is 11.2 Å². The summed E-state index contributed by atoms with van der Waals surface area (Å²) in [6.45, 7) is 1.78. The molecule has 0 amide bonds. The molecule has 7 nitrogen and oxygen atoms in total. The molecule has 2 aromatic carbocycles. The smallest absolute Gasteiger partial charge is 0.204 e. The van der Waals surface area contributed by atoms with Gasteiger partial charge in [0.25, 0.3) is 0 Å². The molecule has 0 radical (unpaired) electrons. The maximum atomic E-state index is 12.6. The lowest BCUT2D eigenvalue weighted by atomic mass is 10.1. The Bertz CT molecular complexity index is 1000. The molecule has 0 aliphatic heterocycles. The highest BCUT2D eigenvalue weighted by Gasteiger charge is 2.19. The molecule has 0 bridgehead atoms. The topological polar surface area (TPSA) is 112 Å². The van der Waals surface area contributed by atoms with Crippen LogP contribution in [0.3, 0.4) is 0 Å². The van der Waals surface area contributed by atoms with Gasteiger partial charge >= 0.3 is 0 Å². The molecule has 0 fully saturated rings. The maximum absolute atomic E-state index is 12.6. The highest BCUT2D eigenvalue weighted by Crippen LogP contribution is 2.41. The summed E-state index contributed by atoms with van der Waals surface area (Å²) in [5.41, 5.74) is 0.398. The van der Waals surface area contributed by atoms with Gasteiger partial charge in [0, 0.05) is 24.2 Å². The minimum Gasteiger partial charge on any atom is -0.504 e. The summed E-state index contributed by atoms with van der Waals surface area (Å²) in [6, 6.07) is 11.7. The Labute approximate surface area is 168 Å². The number of aliphatic hydroxyl groups is 1. The van der Waals surface area contributed by atoms with Gasteiger partial charge < -0.3 is 29.8 Å². The molecule has 7 heteroatoms. The van der Waals surface area contributed by atoms with Gasteiger partial charge in [0.2, 0.25) is 5.75 Å². The first-order valence-corrected chi connectivity index (χ1v) is 9.64. The van der Waals surface area contributed by atoms with Gasteiger partial charge in [0.15, 0.2) is 16.9 Å². The van der Waals surface area contributed by atoms with Crippen molar-refractivity contribution in [1.29, 1.82) is 0 Å². The molecule has 0 saturated heterocycles. The quantitative estimate of drug-likeness (QED) is 0.388. The number of nitrogens with one attached hydrogen (secondary N) is 1. The van der Waals surface area contributed by atoms with Crippen molar-refractivity contribution in [3.05, 3.63) is 52.7 Å². The van der Waals surface area contributed by atoms with E-state index in [-0.39, 0.29) is 29.1 Å². The number of rotatable bonds is 10. The number of hydrogen-bond donors (Lipinski definition) is 4. The average Bonchev–Trinajstić information content (AvgIpc) is 2.72. The molecule has 0 aliphatic carbocycles. The zero-order valence-corrected chi connectivity index (χ0v) is 16.1. The largest absolute Gasteiger partial charge is 0.504 e. The van der Waals surface area contributed by atoms with E-state index in [2.05, 4.69) is 5.32 Å². The number of ether oxygens (including phenoxy) is 1. The van der Waals surface area contributed by atoms with E-state index in [1.165, 1.54) is 12.1 Å². The fraction of sp³-hybridized carbons (Fsp3) is 0.318. The number of hydrogen-bond acceptors (Lipinski definition) is 7. The van der Waals surface area contributed by atoms with Crippen molar-refractivity contribution >= 4 is 11.0 Å². The predicted octanol–water partition coefficient (Wildman–Crippen LogP) is 3.00. The van der Waals surface area contributed by atoms with Gasteiger partial charge in [-0.25, -0.2) is 0 Å². The lowest BCUT2D eigenvalue weighted by Crippen LogP contribution is -2.19. The molecule has 0 spiro atoms. The summed E-state index contributed by atoms with van der Waals surface area (Å²) in [5, 5.41) is 32.5. The van der Waals surface area contributed by atoms with Crippen LogP contribution in [0.4, 0.5) is 0 Å². The highest BCUT2D eigenvalue weighted by atomic mass is 16.5. The van der Waals surface area contributed by atoms with Gasteiger partial charge in [-0.3, -0.25) is 4.79 Å². The molecule has 3 rings (SSSR count). The van der Waals surface area contributed by atoms with E-state index in [1.54, 1.807) is 12.1 Å². The van der Waals surface area contributed by atoms with Crippen LogP contribution in [0.5, 0.6) is 17.2 Å². The number of phenols is 2. The first-order valence-electron chi connectivity index (χ1n) is 9.64. The molecule has 0 saturated carbocycles. The number of aliphatic hydroxyl groups excluding tert-OH is 1. The summed E-state index contributed by atoms with van der Waals surface area (Å²) in [6.07, 6.45) is 2.53. The lowest BCUT2D eigenvalue weighted by molar-refractivity contribution is 0.273. The van der Waals surface area contributed by atoms with Crippen LogP contribution in [0, 0.1) is 0 Å². The van der Waals surface area contributed by atoms with Crippen LogP contribution >= 0.6 is 0 Å². The van der Waals surface area contributed by atoms with Gasteiger partial charge in [-0.2, -0.15) is 0 Å². The standard InChI is InChI=1S/C22H25NO6/c24-11-10-23-9-5-2-6-12-28-22-17(26)14-19-20(21(22)27)16(25)13-18(29-19)15-7-3-1-4-8-15/h1,3-4,7-8,13-14,23-24,26-27H,2,5-6,9-12H2. The summed E-state index contributed by atoms with van der Waals surface area (Å²) in [7, 11) is 0. The van der Waals surface area contributed by atoms with Gasteiger partial charge in [-0.1, -0.05) is 30.3 Å². The average molecular weight is 399 g/mol. The van der Waals surface area contributed by atoms with Crippen LogP contribution in [-0.4, -0.2) is 41.6 Å². The number of phenolic OH excluding ortho intramolecular Hbond substituents is 2. The maximum Gasteiger partial charge on any atom is 0.204 e. The molecule has 4 N–H and O–H groups in total. The van der Waals surface area contributed by atoms with Crippen molar-refractivity contribution in [3.63, 3.8) is 0 Å². The minimum absolute atomic E-state index is 0.0225. The first kappa shape index (κ1) is 20.7. The third kappa shape index (κ3) is 5.07. The molecule has 29 heavy (non-hydrogen) atoms. The SMILES string of the molecule is O=c1cc(-c2ccccc2)oc2cc(O)c(OCCCCCNCCO)c(O)c12. The lowest BCUT2D eigenvalue weighted by Gasteiger charge is -2.12. The normalized spacial score (nSPS) is 11.1. The van der Waals surface area contributed by atoms with Crippen LogP contribution in [0.1, 0.15) is 19.3 Å². The van der Waals surface area contributed by atoms with Crippen molar-refractivity contribution in [2.45, 2.75) is 19.3 Å². The van der Waals surface area contributed by atoms with Gasteiger partial charge in [-0.15, -0.1) is 0 Å². The van der Waals surface area contributed by atoms with Gasteiger partial charge in [0.1, 0.15) is 16.7 Å². The van der Waals surface area contributed by atoms with Crippen molar-refractivity contribution in [2.75, 3.05) is 26.3 Å². The molecule has 0 aliphatic rings. The number of fused-ring (bicyclic) bond motifs is 1. The van der Waals surface area contributed by atoms with E-state index in [0.717, 1.165) is 31.4 Å². The summed E-state index contributed by atoms with van der Waals surface area (Å²) in [5.74, 6) is -0.466. The Morgan fingerprint density at radius 3 is 2.55 bits per heavy atom. The van der Waals surface area contributed by atoms with E-state index >= 15 is 0 Å². The summed E-state index contributed by atoms with van der Waals surface area (Å²) >= 11 is 0. The first-order chi connectivity index (χ1) is 14.1. The van der Waals surface area contributed by atoms with Gasteiger partial charge in [-0.05, 0) is 25.8 Å². The monoisotopic (exact) mass is 399 g/mol. The fourth-order valence-corrected chi connectivity index (χ4v) is 3.07. The number of aromatic hydroxyl groups is 2. The number of benzene rings is 2. The van der Waals surface area contributed by atoms with Crippen LogP contribution in [0.2, 0.25) is 0 Å². The molecule has 3 aromatic rings. The third-order valence-electron chi connectivity index (χ3n) is 4.52. The Hall–Kier alpha value is -3.03. The zero-order valence-electron chi connectivity index (χ0n) is 16.1. The van der Waals surface area contributed by atoms with Crippen molar-refractivity contribution in [3.8, 4) is 28.6 Å². The van der Waals surface area contributed by atoms with E-state index in [9.17, 15) is 15.0 Å².